The van der Waals surface area contributed by atoms with Gasteiger partial charge >= 0.3 is 6.03 Å². The Morgan fingerprint density at radius 2 is 1.71 bits per heavy atom. The van der Waals surface area contributed by atoms with Gasteiger partial charge in [0.1, 0.15) is 18.1 Å². The molecular formula is C27H40N4O4. The lowest BCUT2D eigenvalue weighted by atomic mass is 10.1. The van der Waals surface area contributed by atoms with Gasteiger partial charge in [-0.2, -0.15) is 0 Å². The summed E-state index contributed by atoms with van der Waals surface area (Å²) in [7, 11) is 0. The van der Waals surface area contributed by atoms with E-state index in [9.17, 15) is 9.59 Å². The third-order valence-corrected chi connectivity index (χ3v) is 5.89. The van der Waals surface area contributed by atoms with Crippen LogP contribution in [0, 0.1) is 6.92 Å². The highest BCUT2D eigenvalue weighted by Crippen LogP contribution is 2.12. The Hall–Kier alpha value is -2.84. The summed E-state index contributed by atoms with van der Waals surface area (Å²) < 4.78 is 11.2. The first-order valence-electron chi connectivity index (χ1n) is 12.4. The molecule has 3 rings (SSSR count). The largest absolute Gasteiger partial charge is 0.464 e. The number of morpholine rings is 1. The first-order valence-corrected chi connectivity index (χ1v) is 12.4. The highest BCUT2D eigenvalue weighted by molar-refractivity contribution is 5.84. The Labute approximate surface area is 209 Å². The van der Waals surface area contributed by atoms with Crippen molar-refractivity contribution < 1.29 is 18.7 Å². The molecule has 1 N–H and O–H groups in total. The molecule has 0 unspecified atom stereocenters. The van der Waals surface area contributed by atoms with E-state index in [0.717, 1.165) is 36.6 Å². The van der Waals surface area contributed by atoms with Gasteiger partial charge in [0, 0.05) is 38.3 Å². The standard InChI is InChI=1S/C27H40N4O4/c1-22-10-11-24(35-22)20-30(13-12-23-8-6-5-7-9-23)25(32)21-31(26(33)28-27(2,3)4)15-14-29-16-18-34-19-17-29/h5-11H,12-21H2,1-4H3,(H,28,33). The minimum Gasteiger partial charge on any atom is -0.464 e. The second-order valence-corrected chi connectivity index (χ2v) is 10.1. The van der Waals surface area contributed by atoms with E-state index in [2.05, 4.69) is 22.3 Å². The van der Waals surface area contributed by atoms with E-state index in [1.54, 1.807) is 9.80 Å². The van der Waals surface area contributed by atoms with Crippen molar-refractivity contribution in [2.75, 3.05) is 52.5 Å². The first kappa shape index (κ1) is 26.8. The second-order valence-electron chi connectivity index (χ2n) is 10.1. The summed E-state index contributed by atoms with van der Waals surface area (Å²) in [5.74, 6) is 1.45. The summed E-state index contributed by atoms with van der Waals surface area (Å²) in [6, 6.07) is 13.7. The lowest BCUT2D eigenvalue weighted by molar-refractivity contribution is -0.132. The molecule has 1 aromatic carbocycles. The average molecular weight is 485 g/mol. The first-order chi connectivity index (χ1) is 16.7. The predicted molar refractivity (Wildman–Crippen MR) is 136 cm³/mol. The smallest absolute Gasteiger partial charge is 0.318 e. The van der Waals surface area contributed by atoms with Crippen LogP contribution in [0.3, 0.4) is 0 Å². The molecule has 2 heterocycles. The number of nitrogens with one attached hydrogen (secondary N) is 1. The van der Waals surface area contributed by atoms with Crippen LogP contribution in [0.1, 0.15) is 37.9 Å². The number of carbonyl (C=O) groups is 2. The van der Waals surface area contributed by atoms with E-state index in [1.165, 1.54) is 0 Å². The summed E-state index contributed by atoms with van der Waals surface area (Å²) in [6.07, 6.45) is 0.730. The topological polar surface area (TPSA) is 78.3 Å². The van der Waals surface area contributed by atoms with Gasteiger partial charge in [0.05, 0.1) is 19.8 Å². The van der Waals surface area contributed by atoms with Crippen molar-refractivity contribution in [2.24, 2.45) is 0 Å². The molecule has 1 aliphatic rings. The highest BCUT2D eigenvalue weighted by Gasteiger charge is 2.25. The third kappa shape index (κ3) is 9.38. The molecule has 1 aliphatic heterocycles. The summed E-state index contributed by atoms with van der Waals surface area (Å²) >= 11 is 0. The van der Waals surface area contributed by atoms with E-state index >= 15 is 0 Å². The molecule has 2 aromatic rings. The van der Waals surface area contributed by atoms with Crippen molar-refractivity contribution in [1.82, 2.24) is 20.0 Å². The van der Waals surface area contributed by atoms with Gasteiger partial charge < -0.3 is 24.3 Å². The number of urea groups is 1. The fraction of sp³-hybridized carbons (Fsp3) is 0.556. The number of furan rings is 1. The molecule has 0 spiro atoms. The monoisotopic (exact) mass is 484 g/mol. The fourth-order valence-corrected chi connectivity index (χ4v) is 3.96. The zero-order valence-corrected chi connectivity index (χ0v) is 21.6. The highest BCUT2D eigenvalue weighted by atomic mass is 16.5. The molecule has 192 valence electrons. The van der Waals surface area contributed by atoms with Crippen LogP contribution in [0.5, 0.6) is 0 Å². The molecular weight excluding hydrogens is 444 g/mol. The minimum atomic E-state index is -0.393. The zero-order valence-electron chi connectivity index (χ0n) is 21.6. The minimum absolute atomic E-state index is 0.0146. The van der Waals surface area contributed by atoms with Crippen LogP contribution in [-0.2, 0) is 22.5 Å². The number of carbonyl (C=O) groups excluding carboxylic acids is 2. The summed E-state index contributed by atoms with van der Waals surface area (Å²) in [5.41, 5.74) is 0.770. The van der Waals surface area contributed by atoms with Gasteiger partial charge in [-0.05, 0) is 51.8 Å². The van der Waals surface area contributed by atoms with Gasteiger partial charge in [0.2, 0.25) is 5.91 Å². The van der Waals surface area contributed by atoms with Crippen LogP contribution in [0.15, 0.2) is 46.9 Å². The lowest BCUT2D eigenvalue weighted by Crippen LogP contribution is -2.53. The van der Waals surface area contributed by atoms with Crippen molar-refractivity contribution in [2.45, 2.75) is 46.2 Å². The van der Waals surface area contributed by atoms with E-state index in [0.29, 0.717) is 39.4 Å². The van der Waals surface area contributed by atoms with Crippen LogP contribution in [0.4, 0.5) is 4.79 Å². The van der Waals surface area contributed by atoms with Crippen LogP contribution in [0.2, 0.25) is 0 Å². The molecule has 8 heteroatoms. The Bertz CT molecular complexity index is 932. The number of benzene rings is 1. The molecule has 3 amide bonds. The summed E-state index contributed by atoms with van der Waals surface area (Å²) in [6.45, 7) is 12.9. The van der Waals surface area contributed by atoms with E-state index in [-0.39, 0.29) is 18.5 Å². The Balaban J connectivity index is 1.70. The second kappa shape index (κ2) is 12.7. The number of nitrogens with zero attached hydrogens (tertiary/aromatic N) is 3. The van der Waals surface area contributed by atoms with Crippen LogP contribution < -0.4 is 5.32 Å². The van der Waals surface area contributed by atoms with Gasteiger partial charge in [0.25, 0.3) is 0 Å². The summed E-state index contributed by atoms with van der Waals surface area (Å²) in [4.78, 5) is 32.3. The SMILES string of the molecule is Cc1ccc(CN(CCc2ccccc2)C(=O)CN(CCN2CCOCC2)C(=O)NC(C)(C)C)o1. The van der Waals surface area contributed by atoms with Gasteiger partial charge in [-0.1, -0.05) is 30.3 Å². The van der Waals surface area contributed by atoms with Gasteiger partial charge in [0.15, 0.2) is 0 Å². The molecule has 1 saturated heterocycles. The quantitative estimate of drug-likeness (QED) is 0.560. The number of amides is 3. The normalized spacial score (nSPS) is 14.5. The molecule has 0 aliphatic carbocycles. The van der Waals surface area contributed by atoms with Crippen LogP contribution in [0.25, 0.3) is 0 Å². The molecule has 1 aromatic heterocycles. The van der Waals surface area contributed by atoms with Crippen LogP contribution >= 0.6 is 0 Å². The number of aryl methyl sites for hydroxylation is 1. The molecule has 35 heavy (non-hydrogen) atoms. The van der Waals surface area contributed by atoms with Crippen molar-refractivity contribution >= 4 is 11.9 Å². The maximum absolute atomic E-state index is 13.5. The number of rotatable bonds is 10. The van der Waals surface area contributed by atoms with Gasteiger partial charge in [-0.15, -0.1) is 0 Å². The van der Waals surface area contributed by atoms with E-state index in [1.807, 2.05) is 58.0 Å². The van der Waals surface area contributed by atoms with E-state index < -0.39 is 5.54 Å². The lowest BCUT2D eigenvalue weighted by Gasteiger charge is -2.33. The fourth-order valence-electron chi connectivity index (χ4n) is 3.96. The molecule has 0 radical (unpaired) electrons. The predicted octanol–water partition coefficient (Wildman–Crippen LogP) is 3.30. The third-order valence-electron chi connectivity index (χ3n) is 5.89. The number of hydrogen-bond donors (Lipinski definition) is 1. The number of hydrogen-bond acceptors (Lipinski definition) is 5. The maximum Gasteiger partial charge on any atom is 0.318 e. The Morgan fingerprint density at radius 1 is 1.00 bits per heavy atom. The van der Waals surface area contributed by atoms with Crippen molar-refractivity contribution in [3.8, 4) is 0 Å². The molecule has 8 nitrogen and oxygen atoms in total. The number of ether oxygens (including phenoxy) is 1. The van der Waals surface area contributed by atoms with Crippen molar-refractivity contribution in [3.63, 3.8) is 0 Å². The van der Waals surface area contributed by atoms with Gasteiger partial charge in [-0.25, -0.2) is 4.79 Å². The zero-order chi connectivity index (χ0) is 25.3. The maximum atomic E-state index is 13.5. The van der Waals surface area contributed by atoms with Gasteiger partial charge in [-0.3, -0.25) is 9.69 Å². The molecule has 0 bridgehead atoms. The van der Waals surface area contributed by atoms with Crippen molar-refractivity contribution in [3.05, 3.63) is 59.5 Å². The summed E-state index contributed by atoms with van der Waals surface area (Å²) in [5, 5.41) is 3.02. The van der Waals surface area contributed by atoms with E-state index in [4.69, 9.17) is 9.15 Å². The Morgan fingerprint density at radius 3 is 2.34 bits per heavy atom. The molecule has 1 fully saturated rings. The molecule has 0 atom stereocenters. The molecule has 0 saturated carbocycles. The van der Waals surface area contributed by atoms with Crippen LogP contribution in [-0.4, -0.2) is 84.7 Å². The Kier molecular flexibility index (Phi) is 9.74. The average Bonchev–Trinajstić information content (AvgIpc) is 3.24. The van der Waals surface area contributed by atoms with Crippen molar-refractivity contribution in [1.29, 1.82) is 0 Å².